The van der Waals surface area contributed by atoms with Crippen molar-refractivity contribution < 1.29 is 4.79 Å². The lowest BCUT2D eigenvalue weighted by molar-refractivity contribution is 0.102. The van der Waals surface area contributed by atoms with Crippen LogP contribution in [0.4, 0.5) is 5.13 Å². The van der Waals surface area contributed by atoms with E-state index in [0.717, 1.165) is 29.7 Å². The van der Waals surface area contributed by atoms with E-state index in [4.69, 9.17) is 5.73 Å². The van der Waals surface area contributed by atoms with Crippen molar-refractivity contribution in [2.24, 2.45) is 5.73 Å². The summed E-state index contributed by atoms with van der Waals surface area (Å²) in [5.41, 5.74) is 7.78. The number of hydrogen-bond acceptors (Lipinski definition) is 5. The third kappa shape index (κ3) is 3.09. The average molecular weight is 301 g/mol. The molecule has 0 atom stereocenters. The van der Waals surface area contributed by atoms with Gasteiger partial charge in [-0.3, -0.25) is 10.1 Å². The molecule has 0 aliphatic heterocycles. The molecule has 21 heavy (non-hydrogen) atoms. The van der Waals surface area contributed by atoms with Crippen molar-refractivity contribution in [3.05, 3.63) is 41.2 Å². The Bertz CT molecular complexity index is 750. The number of nitrogens with two attached hydrogens (primary N) is 1. The molecule has 2 aromatic heterocycles. The maximum Gasteiger partial charge on any atom is 0.257 e. The number of nitrogens with zero attached hydrogens (tertiary/aromatic N) is 2. The van der Waals surface area contributed by atoms with Gasteiger partial charge in [0, 0.05) is 23.6 Å². The van der Waals surface area contributed by atoms with Gasteiger partial charge in [-0.1, -0.05) is 0 Å². The fraction of sp³-hybridized carbons (Fsp3) is 0.214. The van der Waals surface area contributed by atoms with Crippen LogP contribution in [0.3, 0.4) is 0 Å². The normalized spacial score (nSPS) is 10.9. The highest BCUT2D eigenvalue weighted by Crippen LogP contribution is 2.17. The van der Waals surface area contributed by atoms with Crippen molar-refractivity contribution in [3.8, 4) is 0 Å². The minimum absolute atomic E-state index is 0.176. The molecule has 0 aliphatic carbocycles. The highest BCUT2D eigenvalue weighted by Gasteiger charge is 2.10. The fourth-order valence-electron chi connectivity index (χ4n) is 2.05. The molecule has 6 nitrogen and oxygen atoms in total. The van der Waals surface area contributed by atoms with Crippen LogP contribution in [0.2, 0.25) is 0 Å². The topological polar surface area (TPSA) is 96.7 Å². The second-order valence-electron chi connectivity index (χ2n) is 4.60. The maximum absolute atomic E-state index is 12.1. The Morgan fingerprint density at radius 3 is 3.10 bits per heavy atom. The first-order valence-electron chi connectivity index (χ1n) is 6.66. The molecular formula is C14H15N5OS. The van der Waals surface area contributed by atoms with Crippen LogP contribution < -0.4 is 11.1 Å². The molecule has 0 unspecified atom stereocenters. The predicted octanol–water partition coefficient (Wildman–Crippen LogP) is 2.16. The van der Waals surface area contributed by atoms with E-state index in [2.05, 4.69) is 20.3 Å². The van der Waals surface area contributed by atoms with Gasteiger partial charge in [0.2, 0.25) is 0 Å². The first kappa shape index (κ1) is 13.7. The number of imidazole rings is 1. The molecule has 108 valence electrons. The Morgan fingerprint density at radius 1 is 1.43 bits per heavy atom. The van der Waals surface area contributed by atoms with Crippen LogP contribution >= 0.6 is 11.3 Å². The molecule has 4 N–H and O–H groups in total. The van der Waals surface area contributed by atoms with Gasteiger partial charge >= 0.3 is 0 Å². The molecular weight excluding hydrogens is 286 g/mol. The molecule has 0 fully saturated rings. The number of aromatic nitrogens is 3. The Balaban J connectivity index is 1.81. The second-order valence-corrected chi connectivity index (χ2v) is 5.49. The zero-order valence-electron chi connectivity index (χ0n) is 11.3. The summed E-state index contributed by atoms with van der Waals surface area (Å²) in [5, 5.41) is 5.17. The number of fused-ring (bicyclic) bond motifs is 1. The number of carbonyl (C=O) groups is 1. The van der Waals surface area contributed by atoms with Gasteiger partial charge in [0.05, 0.1) is 11.0 Å². The molecule has 1 amide bonds. The number of anilines is 1. The maximum atomic E-state index is 12.1. The first-order chi connectivity index (χ1) is 10.3. The summed E-state index contributed by atoms with van der Waals surface area (Å²) in [6.45, 7) is 0.637. The smallest absolute Gasteiger partial charge is 0.257 e. The standard InChI is InChI=1S/C14H15N5OS/c15-5-1-2-12-17-10-4-3-9(8-11(10)18-12)13(20)19-14-16-6-7-21-14/h3-4,6-8H,1-2,5,15H2,(H,17,18)(H,16,19,20). The summed E-state index contributed by atoms with van der Waals surface area (Å²) in [6.07, 6.45) is 3.35. The summed E-state index contributed by atoms with van der Waals surface area (Å²) in [5.74, 6) is 0.720. The van der Waals surface area contributed by atoms with E-state index < -0.39 is 0 Å². The average Bonchev–Trinajstić information content (AvgIpc) is 3.12. The van der Waals surface area contributed by atoms with Gasteiger partial charge in [0.1, 0.15) is 5.82 Å². The predicted molar refractivity (Wildman–Crippen MR) is 83.5 cm³/mol. The van der Waals surface area contributed by atoms with Crippen molar-refractivity contribution in [2.75, 3.05) is 11.9 Å². The minimum atomic E-state index is -0.176. The van der Waals surface area contributed by atoms with Crippen LogP contribution in [-0.4, -0.2) is 27.4 Å². The number of amides is 1. The number of benzene rings is 1. The van der Waals surface area contributed by atoms with E-state index >= 15 is 0 Å². The Labute approximate surface area is 125 Å². The highest BCUT2D eigenvalue weighted by molar-refractivity contribution is 7.13. The van der Waals surface area contributed by atoms with Crippen molar-refractivity contribution in [3.63, 3.8) is 0 Å². The van der Waals surface area contributed by atoms with Gasteiger partial charge in [-0.25, -0.2) is 9.97 Å². The molecule has 0 spiro atoms. The number of thiazole rings is 1. The van der Waals surface area contributed by atoms with Crippen molar-refractivity contribution in [2.45, 2.75) is 12.8 Å². The minimum Gasteiger partial charge on any atom is -0.342 e. The largest absolute Gasteiger partial charge is 0.342 e. The van der Waals surface area contributed by atoms with Gasteiger partial charge in [-0.2, -0.15) is 0 Å². The number of nitrogens with one attached hydrogen (secondary N) is 2. The van der Waals surface area contributed by atoms with Gasteiger partial charge in [-0.15, -0.1) is 11.3 Å². The van der Waals surface area contributed by atoms with Crippen molar-refractivity contribution in [1.29, 1.82) is 0 Å². The van der Waals surface area contributed by atoms with E-state index in [9.17, 15) is 4.79 Å². The molecule has 3 rings (SSSR count). The summed E-state index contributed by atoms with van der Waals surface area (Å²) in [6, 6.07) is 5.41. The lowest BCUT2D eigenvalue weighted by atomic mass is 10.2. The Hall–Kier alpha value is -2.25. The number of hydrogen-bond donors (Lipinski definition) is 3. The van der Waals surface area contributed by atoms with Crippen LogP contribution in [0.5, 0.6) is 0 Å². The monoisotopic (exact) mass is 301 g/mol. The van der Waals surface area contributed by atoms with E-state index in [1.807, 2.05) is 11.4 Å². The van der Waals surface area contributed by atoms with E-state index in [0.29, 0.717) is 17.2 Å². The molecule has 0 radical (unpaired) electrons. The lowest BCUT2D eigenvalue weighted by Crippen LogP contribution is -2.11. The van der Waals surface area contributed by atoms with Crippen LogP contribution in [-0.2, 0) is 6.42 Å². The third-order valence-corrected chi connectivity index (χ3v) is 3.75. The molecule has 1 aromatic carbocycles. The lowest BCUT2D eigenvalue weighted by Gasteiger charge is -2.01. The molecule has 0 saturated carbocycles. The van der Waals surface area contributed by atoms with Crippen LogP contribution in [0.25, 0.3) is 11.0 Å². The van der Waals surface area contributed by atoms with Crippen molar-refractivity contribution >= 4 is 33.4 Å². The SMILES string of the molecule is NCCCc1nc2ccc(C(=O)Nc3nccs3)cc2[nH]1. The fourth-order valence-corrected chi connectivity index (χ4v) is 2.57. The zero-order chi connectivity index (χ0) is 14.7. The summed E-state index contributed by atoms with van der Waals surface area (Å²) in [4.78, 5) is 23.9. The Kier molecular flexibility index (Phi) is 3.94. The number of aryl methyl sites for hydroxylation is 1. The summed E-state index contributed by atoms with van der Waals surface area (Å²) in [7, 11) is 0. The molecule has 0 saturated heterocycles. The van der Waals surface area contributed by atoms with Gasteiger partial charge in [0.15, 0.2) is 5.13 Å². The summed E-state index contributed by atoms with van der Waals surface area (Å²) < 4.78 is 0. The first-order valence-corrected chi connectivity index (χ1v) is 7.54. The Morgan fingerprint density at radius 2 is 2.33 bits per heavy atom. The number of carbonyl (C=O) groups excluding carboxylic acids is 1. The number of rotatable bonds is 5. The van der Waals surface area contributed by atoms with Gasteiger partial charge in [-0.05, 0) is 31.2 Å². The van der Waals surface area contributed by atoms with E-state index in [-0.39, 0.29) is 5.91 Å². The second kappa shape index (κ2) is 6.02. The van der Waals surface area contributed by atoms with Crippen molar-refractivity contribution in [1.82, 2.24) is 15.0 Å². The molecule has 3 aromatic rings. The summed E-state index contributed by atoms with van der Waals surface area (Å²) >= 11 is 1.39. The van der Waals surface area contributed by atoms with Gasteiger partial charge in [0.25, 0.3) is 5.91 Å². The van der Waals surface area contributed by atoms with Crippen LogP contribution in [0.15, 0.2) is 29.8 Å². The number of H-pyrrole nitrogens is 1. The van der Waals surface area contributed by atoms with Crippen LogP contribution in [0.1, 0.15) is 22.6 Å². The quantitative estimate of drug-likeness (QED) is 0.672. The van der Waals surface area contributed by atoms with E-state index in [1.165, 1.54) is 11.3 Å². The molecule has 2 heterocycles. The number of aromatic amines is 1. The molecule has 0 aliphatic rings. The molecule has 7 heteroatoms. The molecule has 0 bridgehead atoms. The highest BCUT2D eigenvalue weighted by atomic mass is 32.1. The zero-order valence-corrected chi connectivity index (χ0v) is 12.1. The van der Waals surface area contributed by atoms with Crippen LogP contribution in [0, 0.1) is 0 Å². The van der Waals surface area contributed by atoms with Gasteiger partial charge < -0.3 is 10.7 Å². The third-order valence-electron chi connectivity index (χ3n) is 3.06. The van der Waals surface area contributed by atoms with E-state index in [1.54, 1.807) is 18.3 Å².